The molecule has 4 aromatic rings. The smallest absolute Gasteiger partial charge is 0.253 e. The second-order valence-corrected chi connectivity index (χ2v) is 9.35. The lowest BCUT2D eigenvalue weighted by atomic mass is 9.99. The molecular formula is C26H31N7O. The highest BCUT2D eigenvalue weighted by Gasteiger charge is 2.32. The number of rotatable bonds is 6. The number of aromatic nitrogens is 5. The van der Waals surface area contributed by atoms with Crippen LogP contribution >= 0.6 is 0 Å². The van der Waals surface area contributed by atoms with Crippen molar-refractivity contribution in [3.63, 3.8) is 0 Å². The van der Waals surface area contributed by atoms with E-state index in [2.05, 4.69) is 68.8 Å². The average molecular weight is 458 g/mol. The van der Waals surface area contributed by atoms with Gasteiger partial charge >= 0.3 is 0 Å². The number of nitrogens with one attached hydrogen (secondary N) is 2. The van der Waals surface area contributed by atoms with Crippen molar-refractivity contribution in [1.82, 2.24) is 35.4 Å². The molecule has 176 valence electrons. The quantitative estimate of drug-likeness (QED) is 0.463. The maximum Gasteiger partial charge on any atom is 0.253 e. The Balaban J connectivity index is 1.59. The molecule has 2 N–H and O–H groups in total. The molecule has 1 aliphatic heterocycles. The molecule has 0 radical (unpaired) electrons. The Morgan fingerprint density at radius 2 is 1.97 bits per heavy atom. The fraction of sp³-hybridized carbons (Fsp3) is 0.385. The Morgan fingerprint density at radius 1 is 1.15 bits per heavy atom. The third kappa shape index (κ3) is 4.51. The van der Waals surface area contributed by atoms with E-state index in [1.165, 1.54) is 11.1 Å². The fourth-order valence-corrected chi connectivity index (χ4v) is 5.05. The lowest BCUT2D eigenvalue weighted by Crippen LogP contribution is -2.51. The zero-order valence-corrected chi connectivity index (χ0v) is 20.0. The fourth-order valence-electron chi connectivity index (χ4n) is 5.05. The molecule has 0 aliphatic carbocycles. The Kier molecular flexibility index (Phi) is 6.26. The van der Waals surface area contributed by atoms with E-state index in [0.29, 0.717) is 24.0 Å². The first-order chi connectivity index (χ1) is 16.5. The molecule has 1 fully saturated rings. The number of piperazine rings is 1. The summed E-state index contributed by atoms with van der Waals surface area (Å²) in [7, 11) is 0. The van der Waals surface area contributed by atoms with Crippen LogP contribution in [0.15, 0.2) is 53.3 Å². The van der Waals surface area contributed by atoms with Gasteiger partial charge in [0.15, 0.2) is 5.82 Å². The second-order valence-electron chi connectivity index (χ2n) is 9.35. The highest BCUT2D eigenvalue weighted by atomic mass is 16.1. The third-order valence-electron chi connectivity index (χ3n) is 6.64. The summed E-state index contributed by atoms with van der Waals surface area (Å²) in [5.41, 5.74) is 4.94. The number of tetrazole rings is 1. The van der Waals surface area contributed by atoms with Crippen molar-refractivity contribution in [2.24, 2.45) is 0 Å². The molecule has 2 aromatic carbocycles. The molecule has 0 bridgehead atoms. The maximum absolute atomic E-state index is 13.4. The minimum Gasteiger partial charge on any atom is -0.321 e. The zero-order chi connectivity index (χ0) is 23.7. The standard InChI is InChI=1S/C26H31N7O/c1-17-13-18(2)23-21(14-17)15-22(26(34)28-23)24(32-12-10-27-19(3)16-32)25-29-30-31-33(25)11-9-20-7-5-4-6-8-20/h4-8,13-15,19,24,27H,9-12,16H2,1-3H3,(H,28,34). The molecule has 8 nitrogen and oxygen atoms in total. The number of aromatic amines is 1. The van der Waals surface area contributed by atoms with Gasteiger partial charge in [0.05, 0.1) is 5.52 Å². The molecule has 1 aliphatic rings. The molecule has 0 amide bonds. The predicted molar refractivity (Wildman–Crippen MR) is 133 cm³/mol. The SMILES string of the molecule is Cc1cc(C)c2[nH]c(=O)c(C(c3nnnn3CCc3ccccc3)N3CCNC(C)C3)cc2c1. The van der Waals surface area contributed by atoms with Gasteiger partial charge in [-0.15, -0.1) is 5.10 Å². The van der Waals surface area contributed by atoms with Crippen molar-refractivity contribution in [1.29, 1.82) is 0 Å². The van der Waals surface area contributed by atoms with Crippen LogP contribution in [-0.2, 0) is 13.0 Å². The van der Waals surface area contributed by atoms with Gasteiger partial charge < -0.3 is 10.3 Å². The number of benzene rings is 2. The minimum absolute atomic E-state index is 0.0896. The van der Waals surface area contributed by atoms with Gasteiger partial charge in [0, 0.05) is 37.8 Å². The summed E-state index contributed by atoms with van der Waals surface area (Å²) >= 11 is 0. The second kappa shape index (κ2) is 9.48. The molecule has 5 rings (SSSR count). The van der Waals surface area contributed by atoms with Gasteiger partial charge in [-0.1, -0.05) is 42.0 Å². The van der Waals surface area contributed by atoms with Crippen molar-refractivity contribution in [2.75, 3.05) is 19.6 Å². The van der Waals surface area contributed by atoms with E-state index in [1.807, 2.05) is 35.9 Å². The van der Waals surface area contributed by atoms with Crippen LogP contribution in [-0.4, -0.2) is 55.8 Å². The molecule has 2 aromatic heterocycles. The van der Waals surface area contributed by atoms with E-state index in [0.717, 1.165) is 42.5 Å². The monoisotopic (exact) mass is 457 g/mol. The van der Waals surface area contributed by atoms with Crippen molar-refractivity contribution in [2.45, 2.75) is 45.8 Å². The van der Waals surface area contributed by atoms with E-state index in [9.17, 15) is 4.79 Å². The van der Waals surface area contributed by atoms with Gasteiger partial charge in [-0.25, -0.2) is 4.68 Å². The van der Waals surface area contributed by atoms with Gasteiger partial charge in [-0.05, 0) is 66.3 Å². The molecular weight excluding hydrogens is 426 g/mol. The van der Waals surface area contributed by atoms with E-state index < -0.39 is 0 Å². The van der Waals surface area contributed by atoms with Crippen LogP contribution in [0.25, 0.3) is 10.9 Å². The van der Waals surface area contributed by atoms with Crippen LogP contribution in [0, 0.1) is 13.8 Å². The van der Waals surface area contributed by atoms with Crippen LogP contribution in [0.2, 0.25) is 0 Å². The number of pyridine rings is 1. The molecule has 8 heteroatoms. The normalized spacial score (nSPS) is 17.8. The molecule has 1 saturated heterocycles. The van der Waals surface area contributed by atoms with Gasteiger partial charge in [-0.3, -0.25) is 9.69 Å². The van der Waals surface area contributed by atoms with E-state index in [1.54, 1.807) is 0 Å². The van der Waals surface area contributed by atoms with Crippen molar-refractivity contribution < 1.29 is 0 Å². The Labute approximate surface area is 199 Å². The summed E-state index contributed by atoms with van der Waals surface area (Å²) in [5, 5.41) is 17.3. The van der Waals surface area contributed by atoms with Crippen molar-refractivity contribution >= 4 is 10.9 Å². The van der Waals surface area contributed by atoms with E-state index in [4.69, 9.17) is 0 Å². The Bertz CT molecular complexity index is 1340. The predicted octanol–water partition coefficient (Wildman–Crippen LogP) is 2.76. The maximum atomic E-state index is 13.4. The average Bonchev–Trinajstić information content (AvgIpc) is 3.28. The summed E-state index contributed by atoms with van der Waals surface area (Å²) in [6, 6.07) is 16.5. The molecule has 0 saturated carbocycles. The number of H-pyrrole nitrogens is 1. The van der Waals surface area contributed by atoms with Crippen LogP contribution in [0.1, 0.15) is 41.0 Å². The summed E-state index contributed by atoms with van der Waals surface area (Å²) in [6.07, 6.45) is 0.816. The third-order valence-corrected chi connectivity index (χ3v) is 6.64. The Morgan fingerprint density at radius 3 is 2.76 bits per heavy atom. The Hall–Kier alpha value is -3.36. The van der Waals surface area contributed by atoms with Gasteiger partial charge in [0.1, 0.15) is 6.04 Å². The van der Waals surface area contributed by atoms with Gasteiger partial charge in [0.2, 0.25) is 0 Å². The number of aryl methyl sites for hydroxylation is 4. The molecule has 0 spiro atoms. The highest BCUT2D eigenvalue weighted by Crippen LogP contribution is 2.28. The van der Waals surface area contributed by atoms with Crippen LogP contribution in [0.5, 0.6) is 0 Å². The number of hydrogen-bond donors (Lipinski definition) is 2. The van der Waals surface area contributed by atoms with Crippen LogP contribution < -0.4 is 10.9 Å². The van der Waals surface area contributed by atoms with Crippen molar-refractivity contribution in [3.8, 4) is 0 Å². The minimum atomic E-state index is -0.329. The first-order valence-corrected chi connectivity index (χ1v) is 11.9. The molecule has 34 heavy (non-hydrogen) atoms. The first kappa shape index (κ1) is 22.4. The summed E-state index contributed by atoms with van der Waals surface area (Å²) in [5.74, 6) is 0.708. The largest absolute Gasteiger partial charge is 0.321 e. The van der Waals surface area contributed by atoms with E-state index in [-0.39, 0.29) is 11.6 Å². The summed E-state index contributed by atoms with van der Waals surface area (Å²) < 4.78 is 1.86. The number of nitrogens with zero attached hydrogens (tertiary/aromatic N) is 5. The molecule has 2 unspecified atom stereocenters. The van der Waals surface area contributed by atoms with Gasteiger partial charge in [-0.2, -0.15) is 0 Å². The van der Waals surface area contributed by atoms with Gasteiger partial charge in [0.25, 0.3) is 5.56 Å². The number of hydrogen-bond acceptors (Lipinski definition) is 6. The highest BCUT2D eigenvalue weighted by molar-refractivity contribution is 5.83. The lowest BCUT2D eigenvalue weighted by molar-refractivity contribution is 0.160. The summed E-state index contributed by atoms with van der Waals surface area (Å²) in [4.78, 5) is 18.9. The molecule has 2 atom stereocenters. The lowest BCUT2D eigenvalue weighted by Gasteiger charge is -2.37. The first-order valence-electron chi connectivity index (χ1n) is 11.9. The topological polar surface area (TPSA) is 91.7 Å². The molecule has 3 heterocycles. The van der Waals surface area contributed by atoms with Crippen LogP contribution in [0.3, 0.4) is 0 Å². The van der Waals surface area contributed by atoms with Crippen LogP contribution in [0.4, 0.5) is 0 Å². The zero-order valence-electron chi connectivity index (χ0n) is 20.0. The van der Waals surface area contributed by atoms with Crippen molar-refractivity contribution in [3.05, 3.63) is 87.0 Å². The summed E-state index contributed by atoms with van der Waals surface area (Å²) in [6.45, 7) is 9.40. The number of fused-ring (bicyclic) bond motifs is 1. The van der Waals surface area contributed by atoms with E-state index >= 15 is 0 Å².